The monoisotopic (exact) mass is 577 g/mol. The first-order valence-electron chi connectivity index (χ1n) is 13.9. The van der Waals surface area contributed by atoms with Crippen LogP contribution in [-0.2, 0) is 38.4 Å². The smallest absolute Gasteiger partial charge is 0.326 e. The first-order chi connectivity index (χ1) is 20.3. The Kier molecular flexibility index (Phi) is 12.7. The molecule has 9 N–H and O–H groups in total. The van der Waals surface area contributed by atoms with Gasteiger partial charge in [-0.25, -0.2) is 9.78 Å². The number of carbonyl (C=O) groups is 4. The number of imidazole rings is 1. The van der Waals surface area contributed by atoms with Gasteiger partial charge >= 0.3 is 5.97 Å². The molecule has 0 aliphatic carbocycles. The van der Waals surface area contributed by atoms with E-state index >= 15 is 0 Å². The van der Waals surface area contributed by atoms with Crippen molar-refractivity contribution in [2.24, 2.45) is 11.5 Å². The number of nitrogens with one attached hydrogen (secondary N) is 4. The molecular formula is C30H39N7O5. The van der Waals surface area contributed by atoms with Gasteiger partial charge < -0.3 is 37.5 Å². The molecule has 4 atom stereocenters. The molecule has 12 nitrogen and oxygen atoms in total. The van der Waals surface area contributed by atoms with Crippen LogP contribution >= 0.6 is 0 Å². The lowest BCUT2D eigenvalue weighted by atomic mass is 10.0. The molecule has 3 amide bonds. The molecule has 0 saturated heterocycles. The number of aromatic nitrogens is 2. The summed E-state index contributed by atoms with van der Waals surface area (Å²) in [6, 6.07) is 14.1. The highest BCUT2D eigenvalue weighted by atomic mass is 16.4. The van der Waals surface area contributed by atoms with Crippen molar-refractivity contribution in [2.45, 2.75) is 62.7 Å². The van der Waals surface area contributed by atoms with Crippen LogP contribution in [0.4, 0.5) is 0 Å². The Morgan fingerprint density at radius 3 is 1.86 bits per heavy atom. The molecule has 42 heavy (non-hydrogen) atoms. The SMILES string of the molecule is NCCCCC(NC(=O)C(Cc1cnc[nH]1)NC(=O)C(Cc1ccccc1)NC(=O)C(N)Cc1ccccc1)C(=O)O. The molecule has 1 aromatic heterocycles. The van der Waals surface area contributed by atoms with E-state index in [2.05, 4.69) is 25.9 Å². The molecule has 0 bridgehead atoms. The van der Waals surface area contributed by atoms with Gasteiger partial charge in [-0.15, -0.1) is 0 Å². The van der Waals surface area contributed by atoms with Crippen molar-refractivity contribution in [1.82, 2.24) is 25.9 Å². The summed E-state index contributed by atoms with van der Waals surface area (Å²) in [5.74, 6) is -3.00. The summed E-state index contributed by atoms with van der Waals surface area (Å²) in [4.78, 5) is 58.7. The summed E-state index contributed by atoms with van der Waals surface area (Å²) in [7, 11) is 0. The number of unbranched alkanes of at least 4 members (excludes halogenated alkanes) is 1. The van der Waals surface area contributed by atoms with Crippen molar-refractivity contribution in [3.63, 3.8) is 0 Å². The number of amides is 3. The van der Waals surface area contributed by atoms with Crippen LogP contribution < -0.4 is 27.4 Å². The lowest BCUT2D eigenvalue weighted by Gasteiger charge is -2.25. The van der Waals surface area contributed by atoms with Crippen molar-refractivity contribution in [2.75, 3.05) is 6.54 Å². The van der Waals surface area contributed by atoms with Crippen molar-refractivity contribution >= 4 is 23.7 Å². The fraction of sp³-hybridized carbons (Fsp3) is 0.367. The zero-order valence-corrected chi connectivity index (χ0v) is 23.4. The van der Waals surface area contributed by atoms with Gasteiger partial charge in [-0.2, -0.15) is 0 Å². The minimum Gasteiger partial charge on any atom is -0.480 e. The maximum absolute atomic E-state index is 13.6. The number of hydrogen-bond donors (Lipinski definition) is 7. The number of rotatable bonds is 17. The van der Waals surface area contributed by atoms with Crippen molar-refractivity contribution < 1.29 is 24.3 Å². The topological polar surface area (TPSA) is 205 Å². The third-order valence-electron chi connectivity index (χ3n) is 6.72. The minimum absolute atomic E-state index is 0.0201. The largest absolute Gasteiger partial charge is 0.480 e. The molecule has 0 saturated carbocycles. The van der Waals surface area contributed by atoms with Crippen LogP contribution in [0.5, 0.6) is 0 Å². The number of benzene rings is 2. The highest BCUT2D eigenvalue weighted by Gasteiger charge is 2.31. The van der Waals surface area contributed by atoms with E-state index in [9.17, 15) is 24.3 Å². The van der Waals surface area contributed by atoms with Crippen molar-refractivity contribution in [1.29, 1.82) is 0 Å². The Morgan fingerprint density at radius 1 is 0.762 bits per heavy atom. The second kappa shape index (κ2) is 16.7. The van der Waals surface area contributed by atoms with E-state index in [1.165, 1.54) is 12.5 Å². The fourth-order valence-electron chi connectivity index (χ4n) is 4.42. The van der Waals surface area contributed by atoms with Gasteiger partial charge in [-0.05, 0) is 43.4 Å². The molecule has 3 rings (SSSR count). The summed E-state index contributed by atoms with van der Waals surface area (Å²) < 4.78 is 0. The average Bonchev–Trinajstić information content (AvgIpc) is 3.50. The Labute approximate surface area is 244 Å². The maximum Gasteiger partial charge on any atom is 0.326 e. The molecule has 2 aromatic carbocycles. The average molecular weight is 578 g/mol. The molecule has 1 heterocycles. The highest BCUT2D eigenvalue weighted by Crippen LogP contribution is 2.08. The standard InChI is InChI=1S/C30H39N7O5/c31-14-8-7-13-24(30(41)42)35-29(40)26(17-22-18-33-19-34-22)37-28(39)25(16-21-11-5-2-6-12-21)36-27(38)23(32)15-20-9-3-1-4-10-20/h1-6,9-12,18-19,23-26H,7-8,13-17,31-32H2,(H,33,34)(H,35,40)(H,36,38)(H,37,39)(H,41,42). The Balaban J connectivity index is 1.77. The number of hydrogen-bond acceptors (Lipinski definition) is 7. The Bertz CT molecular complexity index is 1270. The molecule has 0 fully saturated rings. The van der Waals surface area contributed by atoms with Crippen LogP contribution in [0, 0.1) is 0 Å². The summed E-state index contributed by atoms with van der Waals surface area (Å²) in [5, 5.41) is 17.6. The molecule has 4 unspecified atom stereocenters. The number of nitrogens with zero attached hydrogens (tertiary/aromatic N) is 1. The fourth-order valence-corrected chi connectivity index (χ4v) is 4.42. The van der Waals surface area contributed by atoms with Crippen molar-refractivity contribution in [3.8, 4) is 0 Å². The van der Waals surface area contributed by atoms with Gasteiger partial charge in [-0.3, -0.25) is 14.4 Å². The maximum atomic E-state index is 13.6. The first kappa shape index (κ1) is 32.0. The van der Waals surface area contributed by atoms with Crippen LogP contribution in [0.3, 0.4) is 0 Å². The predicted molar refractivity (Wildman–Crippen MR) is 157 cm³/mol. The number of H-pyrrole nitrogens is 1. The molecule has 0 aliphatic heterocycles. The second-order valence-electron chi connectivity index (χ2n) is 10.1. The van der Waals surface area contributed by atoms with Gasteiger partial charge in [0.1, 0.15) is 18.1 Å². The molecule has 0 radical (unpaired) electrons. The van der Waals surface area contributed by atoms with E-state index in [0.717, 1.165) is 11.1 Å². The third kappa shape index (κ3) is 10.5. The van der Waals surface area contributed by atoms with E-state index in [4.69, 9.17) is 11.5 Å². The number of carbonyl (C=O) groups excluding carboxylic acids is 3. The lowest BCUT2D eigenvalue weighted by Crippen LogP contribution is -2.58. The van der Waals surface area contributed by atoms with E-state index in [1.54, 1.807) is 0 Å². The minimum atomic E-state index is -1.19. The number of aliphatic carboxylic acids is 1. The second-order valence-corrected chi connectivity index (χ2v) is 10.1. The summed E-state index contributed by atoms with van der Waals surface area (Å²) in [6.07, 6.45) is 4.70. The summed E-state index contributed by atoms with van der Waals surface area (Å²) in [6.45, 7) is 0.405. The van der Waals surface area contributed by atoms with E-state index in [0.29, 0.717) is 25.1 Å². The zero-order chi connectivity index (χ0) is 30.3. The molecule has 0 spiro atoms. The zero-order valence-electron chi connectivity index (χ0n) is 23.4. The van der Waals surface area contributed by atoms with Gasteiger partial charge in [0.15, 0.2) is 0 Å². The number of carboxylic acids is 1. The molecule has 0 aliphatic rings. The molecular weight excluding hydrogens is 538 g/mol. The summed E-state index contributed by atoms with van der Waals surface area (Å²) in [5.41, 5.74) is 13.9. The van der Waals surface area contributed by atoms with Gasteiger partial charge in [-0.1, -0.05) is 60.7 Å². The van der Waals surface area contributed by atoms with E-state index < -0.39 is 47.9 Å². The van der Waals surface area contributed by atoms with Gasteiger partial charge in [0, 0.05) is 24.7 Å². The normalized spacial score (nSPS) is 13.8. The van der Waals surface area contributed by atoms with Crippen LogP contribution in [0.15, 0.2) is 73.2 Å². The first-order valence-corrected chi connectivity index (χ1v) is 13.9. The predicted octanol–water partition coefficient (Wildman–Crippen LogP) is 0.433. The van der Waals surface area contributed by atoms with Crippen LogP contribution in [0.2, 0.25) is 0 Å². The Morgan fingerprint density at radius 2 is 1.31 bits per heavy atom. The molecule has 224 valence electrons. The van der Waals surface area contributed by atoms with Gasteiger partial charge in [0.05, 0.1) is 12.4 Å². The van der Waals surface area contributed by atoms with Crippen LogP contribution in [0.25, 0.3) is 0 Å². The number of carboxylic acid groups (broad SMARTS) is 1. The van der Waals surface area contributed by atoms with Crippen molar-refractivity contribution in [3.05, 3.63) is 90.0 Å². The quantitative estimate of drug-likeness (QED) is 0.112. The molecule has 3 aromatic rings. The Hall–Kier alpha value is -4.55. The van der Waals surface area contributed by atoms with Crippen LogP contribution in [-0.4, -0.2) is 69.5 Å². The highest BCUT2D eigenvalue weighted by molar-refractivity contribution is 5.94. The number of nitrogens with two attached hydrogens (primary N) is 2. The lowest BCUT2D eigenvalue weighted by molar-refractivity contribution is -0.142. The number of aromatic amines is 1. The summed E-state index contributed by atoms with van der Waals surface area (Å²) >= 11 is 0. The van der Waals surface area contributed by atoms with E-state index in [-0.39, 0.29) is 25.7 Å². The third-order valence-corrected chi connectivity index (χ3v) is 6.72. The van der Waals surface area contributed by atoms with E-state index in [1.807, 2.05) is 60.7 Å². The van der Waals surface area contributed by atoms with Crippen LogP contribution in [0.1, 0.15) is 36.1 Å². The van der Waals surface area contributed by atoms with Gasteiger partial charge in [0.2, 0.25) is 17.7 Å². The van der Waals surface area contributed by atoms with Gasteiger partial charge in [0.25, 0.3) is 0 Å². The molecule has 12 heteroatoms.